The maximum absolute atomic E-state index is 10.9. The van der Waals surface area contributed by atoms with Crippen molar-refractivity contribution in [3.05, 3.63) is 23.2 Å². The van der Waals surface area contributed by atoms with Crippen molar-refractivity contribution in [3.63, 3.8) is 0 Å². The van der Waals surface area contributed by atoms with Gasteiger partial charge in [-0.1, -0.05) is 0 Å². The normalized spacial score (nSPS) is 10.6. The van der Waals surface area contributed by atoms with Crippen molar-refractivity contribution >= 4 is 17.8 Å². The van der Waals surface area contributed by atoms with Gasteiger partial charge in [-0.3, -0.25) is 14.5 Å². The number of hydrogen-bond acceptors (Lipinski definition) is 5. The highest BCUT2D eigenvalue weighted by Gasteiger charge is 2.17. The molecule has 1 aromatic heterocycles. The van der Waals surface area contributed by atoms with Gasteiger partial charge < -0.3 is 21.0 Å². The Hall–Kier alpha value is -2.35. The molecule has 1 rings (SSSR count). The Morgan fingerprint density at radius 3 is 2.16 bits per heavy atom. The van der Waals surface area contributed by atoms with E-state index in [1.165, 1.54) is 11.0 Å². The van der Waals surface area contributed by atoms with Crippen LogP contribution < -0.4 is 11.5 Å². The van der Waals surface area contributed by atoms with Crippen LogP contribution in [-0.4, -0.2) is 40.9 Å². The topological polar surface area (TPSA) is 140 Å². The van der Waals surface area contributed by atoms with Crippen LogP contribution in [-0.2, 0) is 16.1 Å². The van der Waals surface area contributed by atoms with Crippen LogP contribution in [0.5, 0.6) is 0 Å². The Balaban J connectivity index is 2.85. The summed E-state index contributed by atoms with van der Waals surface area (Å²) in [5, 5.41) is 8.79. The van der Waals surface area contributed by atoms with Crippen LogP contribution in [0.4, 0.5) is 0 Å². The molecule has 0 aliphatic carbocycles. The molecule has 0 aromatic carbocycles. The molecule has 1 aromatic rings. The van der Waals surface area contributed by atoms with Crippen molar-refractivity contribution < 1.29 is 23.9 Å². The lowest BCUT2D eigenvalue weighted by atomic mass is 10.2. The number of rotatable bonds is 7. The number of carbonyl (C=O) groups is 3. The molecule has 5 N–H and O–H groups in total. The van der Waals surface area contributed by atoms with E-state index in [1.54, 1.807) is 6.92 Å². The number of aryl methyl sites for hydroxylation is 1. The SMILES string of the molecule is Cc1oc(C(=O)O)cc1CN(CC(N)=O)CC(N)=O. The van der Waals surface area contributed by atoms with Gasteiger partial charge in [0.1, 0.15) is 5.76 Å². The fourth-order valence-electron chi connectivity index (χ4n) is 1.63. The number of carbonyl (C=O) groups excluding carboxylic acids is 2. The van der Waals surface area contributed by atoms with E-state index in [-0.39, 0.29) is 25.4 Å². The molecule has 0 saturated carbocycles. The summed E-state index contributed by atoms with van der Waals surface area (Å²) in [7, 11) is 0. The van der Waals surface area contributed by atoms with Gasteiger partial charge in [-0.2, -0.15) is 0 Å². The summed E-state index contributed by atoms with van der Waals surface area (Å²) in [5.41, 5.74) is 10.7. The van der Waals surface area contributed by atoms with E-state index in [1.807, 2.05) is 0 Å². The minimum absolute atomic E-state index is 0.147. The second kappa shape index (κ2) is 6.01. The number of nitrogens with two attached hydrogens (primary N) is 2. The molecule has 0 bridgehead atoms. The average molecular weight is 269 g/mol. The number of amides is 2. The van der Waals surface area contributed by atoms with Crippen molar-refractivity contribution in [1.29, 1.82) is 0 Å². The first-order valence-corrected chi connectivity index (χ1v) is 5.41. The molecule has 0 unspecified atom stereocenters. The lowest BCUT2D eigenvalue weighted by molar-refractivity contribution is -0.122. The van der Waals surface area contributed by atoms with E-state index in [0.717, 1.165) is 0 Å². The van der Waals surface area contributed by atoms with E-state index in [9.17, 15) is 14.4 Å². The van der Waals surface area contributed by atoms with Gasteiger partial charge in [0, 0.05) is 12.1 Å². The second-order valence-corrected chi connectivity index (χ2v) is 4.08. The average Bonchev–Trinajstić information content (AvgIpc) is 2.58. The Labute approximate surface area is 108 Å². The number of primary amides is 2. The van der Waals surface area contributed by atoms with Crippen molar-refractivity contribution in [2.75, 3.05) is 13.1 Å². The number of aromatic carboxylic acids is 1. The Bertz CT molecular complexity index is 492. The van der Waals surface area contributed by atoms with Gasteiger partial charge >= 0.3 is 5.97 Å². The van der Waals surface area contributed by atoms with Crippen LogP contribution in [0.1, 0.15) is 21.9 Å². The maximum atomic E-state index is 10.9. The first-order valence-electron chi connectivity index (χ1n) is 5.41. The van der Waals surface area contributed by atoms with Crippen LogP contribution in [0.25, 0.3) is 0 Å². The molecule has 104 valence electrons. The van der Waals surface area contributed by atoms with Crippen molar-refractivity contribution in [2.45, 2.75) is 13.5 Å². The molecule has 0 aliphatic heterocycles. The van der Waals surface area contributed by atoms with Gasteiger partial charge in [-0.05, 0) is 13.0 Å². The highest BCUT2D eigenvalue weighted by molar-refractivity contribution is 5.84. The highest BCUT2D eigenvalue weighted by atomic mass is 16.4. The standard InChI is InChI=1S/C11H15N3O5/c1-6-7(2-8(19-6)11(17)18)3-14(4-9(12)15)5-10(13)16/h2H,3-5H2,1H3,(H2,12,15)(H2,13,16)(H,17,18). The van der Waals surface area contributed by atoms with Gasteiger partial charge in [0.15, 0.2) is 0 Å². The zero-order chi connectivity index (χ0) is 14.6. The Morgan fingerprint density at radius 1 is 1.26 bits per heavy atom. The van der Waals surface area contributed by atoms with Crippen molar-refractivity contribution in [1.82, 2.24) is 4.90 Å². The van der Waals surface area contributed by atoms with Crippen LogP contribution in [0, 0.1) is 6.92 Å². The minimum atomic E-state index is -1.19. The number of furan rings is 1. The summed E-state index contributed by atoms with van der Waals surface area (Å²) < 4.78 is 5.03. The van der Waals surface area contributed by atoms with Gasteiger partial charge in [0.25, 0.3) is 0 Å². The van der Waals surface area contributed by atoms with Crippen molar-refractivity contribution in [2.24, 2.45) is 11.5 Å². The third kappa shape index (κ3) is 4.43. The molecule has 0 atom stereocenters. The summed E-state index contributed by atoms with van der Waals surface area (Å²) in [5.74, 6) is -2.21. The molecule has 8 heteroatoms. The number of carboxylic acids is 1. The fraction of sp³-hybridized carbons (Fsp3) is 0.364. The van der Waals surface area contributed by atoms with Gasteiger partial charge in [0.05, 0.1) is 13.1 Å². The Kier molecular flexibility index (Phi) is 4.65. The third-order valence-corrected chi connectivity index (χ3v) is 2.38. The molecule has 8 nitrogen and oxygen atoms in total. The van der Waals surface area contributed by atoms with Crippen LogP contribution in [0.3, 0.4) is 0 Å². The molecule has 19 heavy (non-hydrogen) atoms. The van der Waals surface area contributed by atoms with Gasteiger partial charge in [0.2, 0.25) is 17.6 Å². The molecule has 0 spiro atoms. The van der Waals surface area contributed by atoms with Gasteiger partial charge in [-0.15, -0.1) is 0 Å². The lowest BCUT2D eigenvalue weighted by Gasteiger charge is -2.18. The summed E-state index contributed by atoms with van der Waals surface area (Å²) in [6.07, 6.45) is 0. The quantitative estimate of drug-likeness (QED) is 0.583. The number of hydrogen-bond donors (Lipinski definition) is 3. The molecule has 2 amide bonds. The van der Waals surface area contributed by atoms with Crippen LogP contribution in [0.15, 0.2) is 10.5 Å². The second-order valence-electron chi connectivity index (χ2n) is 4.08. The molecular formula is C11H15N3O5. The predicted molar refractivity (Wildman–Crippen MR) is 64.1 cm³/mol. The van der Waals surface area contributed by atoms with E-state index < -0.39 is 17.8 Å². The largest absolute Gasteiger partial charge is 0.475 e. The smallest absolute Gasteiger partial charge is 0.371 e. The molecule has 0 radical (unpaired) electrons. The summed E-state index contributed by atoms with van der Waals surface area (Å²) in [4.78, 5) is 33.9. The van der Waals surface area contributed by atoms with E-state index in [4.69, 9.17) is 21.0 Å². The monoisotopic (exact) mass is 269 g/mol. The van der Waals surface area contributed by atoms with Crippen molar-refractivity contribution in [3.8, 4) is 0 Å². The maximum Gasteiger partial charge on any atom is 0.371 e. The van der Waals surface area contributed by atoms with E-state index in [0.29, 0.717) is 11.3 Å². The zero-order valence-electron chi connectivity index (χ0n) is 10.4. The highest BCUT2D eigenvalue weighted by Crippen LogP contribution is 2.16. The first kappa shape index (κ1) is 14.7. The zero-order valence-corrected chi connectivity index (χ0v) is 10.4. The van der Waals surface area contributed by atoms with Crippen LogP contribution >= 0.6 is 0 Å². The number of carboxylic acid groups (broad SMARTS) is 1. The van der Waals surface area contributed by atoms with E-state index in [2.05, 4.69) is 0 Å². The molecule has 0 aliphatic rings. The first-order chi connectivity index (χ1) is 8.79. The third-order valence-electron chi connectivity index (χ3n) is 2.38. The summed E-state index contributed by atoms with van der Waals surface area (Å²) in [6, 6.07) is 1.34. The molecule has 0 saturated heterocycles. The number of nitrogens with zero attached hydrogens (tertiary/aromatic N) is 1. The Morgan fingerprint density at radius 2 is 1.79 bits per heavy atom. The minimum Gasteiger partial charge on any atom is -0.475 e. The molecular weight excluding hydrogens is 254 g/mol. The fourth-order valence-corrected chi connectivity index (χ4v) is 1.63. The molecule has 1 heterocycles. The van der Waals surface area contributed by atoms with Gasteiger partial charge in [-0.25, -0.2) is 4.79 Å². The predicted octanol–water partition coefficient (Wildman–Crippen LogP) is -0.941. The lowest BCUT2D eigenvalue weighted by Crippen LogP contribution is -2.39. The summed E-state index contributed by atoms with van der Waals surface area (Å²) >= 11 is 0. The van der Waals surface area contributed by atoms with Crippen LogP contribution in [0.2, 0.25) is 0 Å². The summed E-state index contributed by atoms with van der Waals surface area (Å²) in [6.45, 7) is 1.43. The molecule has 0 fully saturated rings. The van der Waals surface area contributed by atoms with E-state index >= 15 is 0 Å².